The molecule has 21 heavy (non-hydrogen) atoms. The Bertz CT molecular complexity index is 696. The molecule has 0 saturated heterocycles. The Kier molecular flexibility index (Phi) is 4.87. The van der Waals surface area contributed by atoms with Crippen LogP contribution in [-0.2, 0) is 10.0 Å². The van der Waals surface area contributed by atoms with Crippen LogP contribution >= 0.6 is 11.3 Å². The van der Waals surface area contributed by atoms with Gasteiger partial charge in [-0.25, -0.2) is 13.1 Å². The topological polar surface area (TPSA) is 64.6 Å². The first-order chi connectivity index (χ1) is 9.97. The Labute approximate surface area is 128 Å². The van der Waals surface area contributed by atoms with E-state index in [-0.39, 0.29) is 10.9 Å². The molecule has 0 unspecified atom stereocenters. The van der Waals surface area contributed by atoms with E-state index in [1.165, 1.54) is 37.7 Å². The van der Waals surface area contributed by atoms with Gasteiger partial charge >= 0.3 is 0 Å². The van der Waals surface area contributed by atoms with Crippen molar-refractivity contribution in [3.8, 4) is 11.5 Å². The average Bonchev–Trinajstić information content (AvgIpc) is 3.00. The van der Waals surface area contributed by atoms with Crippen LogP contribution in [0.1, 0.15) is 17.8 Å². The van der Waals surface area contributed by atoms with Crippen molar-refractivity contribution in [3.05, 3.63) is 40.6 Å². The number of hydrogen-bond acceptors (Lipinski definition) is 5. The van der Waals surface area contributed by atoms with Gasteiger partial charge in [0, 0.05) is 10.9 Å². The third-order valence-corrected chi connectivity index (χ3v) is 5.56. The van der Waals surface area contributed by atoms with Crippen molar-refractivity contribution < 1.29 is 17.9 Å². The maximum absolute atomic E-state index is 12.4. The molecule has 0 radical (unpaired) electrons. The summed E-state index contributed by atoms with van der Waals surface area (Å²) >= 11 is 1.51. The quantitative estimate of drug-likeness (QED) is 0.886. The number of benzene rings is 1. The Morgan fingerprint density at radius 1 is 1.14 bits per heavy atom. The molecule has 7 heteroatoms. The van der Waals surface area contributed by atoms with Crippen molar-refractivity contribution in [2.24, 2.45) is 0 Å². The molecule has 1 N–H and O–H groups in total. The minimum atomic E-state index is -3.62. The highest BCUT2D eigenvalue weighted by atomic mass is 32.2. The third-order valence-electron chi connectivity index (χ3n) is 2.97. The molecule has 1 aromatic carbocycles. The molecule has 0 aliphatic heterocycles. The third kappa shape index (κ3) is 3.55. The summed E-state index contributed by atoms with van der Waals surface area (Å²) in [6.07, 6.45) is 0. The van der Waals surface area contributed by atoms with Crippen LogP contribution in [0.3, 0.4) is 0 Å². The minimum Gasteiger partial charge on any atom is -0.493 e. The van der Waals surface area contributed by atoms with E-state index in [0.717, 1.165) is 4.88 Å². The van der Waals surface area contributed by atoms with Crippen LogP contribution in [-0.4, -0.2) is 22.6 Å². The van der Waals surface area contributed by atoms with E-state index in [4.69, 9.17) is 9.47 Å². The van der Waals surface area contributed by atoms with Crippen molar-refractivity contribution in [3.63, 3.8) is 0 Å². The van der Waals surface area contributed by atoms with Crippen LogP contribution in [0.4, 0.5) is 0 Å². The Hall–Kier alpha value is -1.57. The molecule has 114 valence electrons. The molecule has 0 aliphatic carbocycles. The Balaban J connectivity index is 2.27. The maximum Gasteiger partial charge on any atom is 0.241 e. The fraction of sp³-hybridized carbons (Fsp3) is 0.286. The highest BCUT2D eigenvalue weighted by molar-refractivity contribution is 7.89. The molecule has 2 aromatic rings. The van der Waals surface area contributed by atoms with Crippen molar-refractivity contribution in [2.75, 3.05) is 14.2 Å². The predicted octanol–water partition coefficient (Wildman–Crippen LogP) is 2.80. The monoisotopic (exact) mass is 327 g/mol. The van der Waals surface area contributed by atoms with E-state index >= 15 is 0 Å². The van der Waals surface area contributed by atoms with Gasteiger partial charge in [-0.2, -0.15) is 0 Å². The maximum atomic E-state index is 12.4. The first-order valence-corrected chi connectivity index (χ1v) is 8.62. The summed E-state index contributed by atoms with van der Waals surface area (Å²) in [6, 6.07) is 8.01. The lowest BCUT2D eigenvalue weighted by atomic mass is 10.3. The molecule has 0 amide bonds. The van der Waals surface area contributed by atoms with Gasteiger partial charge in [-0.1, -0.05) is 6.07 Å². The van der Waals surface area contributed by atoms with Gasteiger partial charge in [-0.05, 0) is 30.5 Å². The molecule has 0 aliphatic rings. The second kappa shape index (κ2) is 6.46. The second-order valence-electron chi connectivity index (χ2n) is 4.38. The number of hydrogen-bond donors (Lipinski definition) is 1. The first-order valence-electron chi connectivity index (χ1n) is 6.25. The van der Waals surface area contributed by atoms with Gasteiger partial charge in [0.05, 0.1) is 25.2 Å². The van der Waals surface area contributed by atoms with Gasteiger partial charge < -0.3 is 9.47 Å². The van der Waals surface area contributed by atoms with E-state index < -0.39 is 10.0 Å². The summed E-state index contributed by atoms with van der Waals surface area (Å²) in [5, 5.41) is 1.91. The molecular weight excluding hydrogens is 310 g/mol. The van der Waals surface area contributed by atoms with E-state index in [1.54, 1.807) is 6.07 Å². The first kappa shape index (κ1) is 15.8. The largest absolute Gasteiger partial charge is 0.493 e. The zero-order valence-corrected chi connectivity index (χ0v) is 13.6. The molecule has 1 heterocycles. The van der Waals surface area contributed by atoms with Crippen LogP contribution in [0.2, 0.25) is 0 Å². The van der Waals surface area contributed by atoms with Gasteiger partial charge in [-0.15, -0.1) is 11.3 Å². The van der Waals surface area contributed by atoms with E-state index in [1.807, 2.05) is 24.4 Å². The van der Waals surface area contributed by atoms with Crippen molar-refractivity contribution in [1.82, 2.24) is 4.72 Å². The van der Waals surface area contributed by atoms with Gasteiger partial charge in [0.1, 0.15) is 0 Å². The summed E-state index contributed by atoms with van der Waals surface area (Å²) in [5.74, 6) is 0.868. The molecule has 0 fully saturated rings. The molecule has 1 aromatic heterocycles. The van der Waals surface area contributed by atoms with Gasteiger partial charge in [0.15, 0.2) is 11.5 Å². The van der Waals surface area contributed by atoms with Crippen LogP contribution in [0.15, 0.2) is 40.6 Å². The molecular formula is C14H17NO4S2. The molecule has 0 spiro atoms. The standard InChI is InChI=1S/C14H17NO4S2/c1-10(14-5-4-8-20-14)15-21(16,17)11-6-7-12(18-2)13(9-11)19-3/h4-10,15H,1-3H3/t10-/m1/s1. The van der Waals surface area contributed by atoms with Crippen molar-refractivity contribution in [2.45, 2.75) is 17.9 Å². The molecule has 5 nitrogen and oxygen atoms in total. The molecule has 0 bridgehead atoms. The summed E-state index contributed by atoms with van der Waals surface area (Å²) in [5.41, 5.74) is 0. The number of thiophene rings is 1. The zero-order chi connectivity index (χ0) is 15.5. The van der Waals surface area contributed by atoms with Gasteiger partial charge in [0.25, 0.3) is 0 Å². The number of methoxy groups -OCH3 is 2. The van der Waals surface area contributed by atoms with Crippen LogP contribution in [0.5, 0.6) is 11.5 Å². The lowest BCUT2D eigenvalue weighted by Crippen LogP contribution is -2.26. The van der Waals surface area contributed by atoms with Crippen LogP contribution in [0.25, 0.3) is 0 Å². The summed E-state index contributed by atoms with van der Waals surface area (Å²) in [4.78, 5) is 1.10. The Morgan fingerprint density at radius 2 is 1.86 bits per heavy atom. The van der Waals surface area contributed by atoms with E-state index in [0.29, 0.717) is 11.5 Å². The number of rotatable bonds is 6. The normalized spacial score (nSPS) is 12.9. The highest BCUT2D eigenvalue weighted by Crippen LogP contribution is 2.30. The molecule has 1 atom stereocenters. The van der Waals surface area contributed by atoms with E-state index in [9.17, 15) is 8.42 Å². The SMILES string of the molecule is COc1ccc(S(=O)(=O)N[C@H](C)c2cccs2)cc1OC. The zero-order valence-electron chi connectivity index (χ0n) is 12.0. The average molecular weight is 327 g/mol. The van der Waals surface area contributed by atoms with E-state index in [2.05, 4.69) is 4.72 Å². The number of sulfonamides is 1. The fourth-order valence-corrected chi connectivity index (χ4v) is 3.93. The number of ether oxygens (including phenoxy) is 2. The minimum absolute atomic E-state index is 0.142. The van der Waals surface area contributed by atoms with Crippen molar-refractivity contribution in [1.29, 1.82) is 0 Å². The lowest BCUT2D eigenvalue weighted by molar-refractivity contribution is 0.354. The van der Waals surface area contributed by atoms with Gasteiger partial charge in [-0.3, -0.25) is 0 Å². The predicted molar refractivity (Wildman–Crippen MR) is 82.6 cm³/mol. The summed E-state index contributed by atoms with van der Waals surface area (Å²) in [6.45, 7) is 1.81. The fourth-order valence-electron chi connectivity index (χ4n) is 1.88. The summed E-state index contributed by atoms with van der Waals surface area (Å²) < 4.78 is 37.7. The lowest BCUT2D eigenvalue weighted by Gasteiger charge is -2.14. The Morgan fingerprint density at radius 3 is 2.43 bits per heavy atom. The van der Waals surface area contributed by atoms with Gasteiger partial charge in [0.2, 0.25) is 10.0 Å². The molecule has 2 rings (SSSR count). The smallest absolute Gasteiger partial charge is 0.241 e. The van der Waals surface area contributed by atoms with Crippen LogP contribution in [0, 0.1) is 0 Å². The summed E-state index contributed by atoms with van der Waals surface area (Å²) in [7, 11) is -0.651. The number of nitrogens with one attached hydrogen (secondary N) is 1. The van der Waals surface area contributed by atoms with Crippen molar-refractivity contribution >= 4 is 21.4 Å². The highest BCUT2D eigenvalue weighted by Gasteiger charge is 2.20. The second-order valence-corrected chi connectivity index (χ2v) is 7.07. The molecule has 0 saturated carbocycles. The van der Waals surface area contributed by atoms with Crippen LogP contribution < -0.4 is 14.2 Å².